The molecule has 0 heterocycles. The number of rotatable bonds is 2. The van der Waals surface area contributed by atoms with Gasteiger partial charge in [-0.15, -0.1) is 50.5 Å². The number of aromatic hydroxyl groups is 1. The number of Topliss-reactive ketones (excluding diaryl/α,β-unsaturated/α-hetero) is 1. The van der Waals surface area contributed by atoms with Crippen molar-refractivity contribution in [3.63, 3.8) is 0 Å². The van der Waals surface area contributed by atoms with Gasteiger partial charge >= 0.3 is 0 Å². The molecule has 1 N–H and O–H groups in total. The fraction of sp³-hybridized carbons (Fsp3) is 0.0312. The van der Waals surface area contributed by atoms with Gasteiger partial charge in [-0.1, -0.05) is 66.7 Å². The number of carbonyl (C=O) groups is 1. The molecule has 0 aliphatic heterocycles. The summed E-state index contributed by atoms with van der Waals surface area (Å²) in [6.45, 7) is 1.56. The summed E-state index contributed by atoms with van der Waals surface area (Å²) in [4.78, 5) is 23.9. The molecular weight excluding hydrogens is 591 g/mol. The molecule has 0 atom stereocenters. The number of benzene rings is 5. The maximum absolute atomic E-state index is 10.6. The maximum atomic E-state index is 10.6. The van der Waals surface area contributed by atoms with E-state index in [2.05, 4.69) is 50.5 Å². The largest absolute Gasteiger partial charge is 0.508 e. The van der Waals surface area contributed by atoms with Crippen molar-refractivity contribution in [2.75, 3.05) is 0 Å². The molecule has 5 aromatic carbocycles. The number of carbonyl (C=O) groups excluding carboxylic acids is 1. The number of phenolic OH excluding ortho intramolecular Hbond substituents is 1. The highest BCUT2D eigenvalue weighted by Crippen LogP contribution is 2.13. The molecule has 0 unspecified atom stereocenters. The van der Waals surface area contributed by atoms with Crippen LogP contribution in [0, 0.1) is 10.1 Å². The quantitative estimate of drug-likeness (QED) is 0.0589. The molecule has 5 aromatic rings. The summed E-state index contributed by atoms with van der Waals surface area (Å²) in [5, 5.41) is 18.8. The number of phenols is 1. The summed E-state index contributed by atoms with van der Waals surface area (Å²) in [7, 11) is 0. The van der Waals surface area contributed by atoms with Gasteiger partial charge in [0, 0.05) is 37.3 Å². The van der Waals surface area contributed by atoms with Gasteiger partial charge in [0.2, 0.25) is 0 Å². The second-order valence-electron chi connectivity index (χ2n) is 7.88. The van der Waals surface area contributed by atoms with Crippen LogP contribution in [0.5, 0.6) is 5.75 Å². The Kier molecular flexibility index (Phi) is 18.3. The van der Waals surface area contributed by atoms with Crippen LogP contribution in [0.1, 0.15) is 17.3 Å². The molecular formula is C32H31NO4S4. The van der Waals surface area contributed by atoms with E-state index >= 15 is 0 Å². The maximum Gasteiger partial charge on any atom is 0.269 e. The zero-order chi connectivity index (χ0) is 30.5. The number of hydrogen-bond donors (Lipinski definition) is 5. The van der Waals surface area contributed by atoms with Crippen molar-refractivity contribution < 1.29 is 14.8 Å². The number of thiol groups is 4. The van der Waals surface area contributed by atoms with Crippen molar-refractivity contribution in [3.8, 4) is 5.75 Å². The first kappa shape index (κ1) is 35.4. The van der Waals surface area contributed by atoms with E-state index in [1.165, 1.54) is 12.1 Å². The predicted octanol–water partition coefficient (Wildman–Crippen LogP) is 9.40. The van der Waals surface area contributed by atoms with Gasteiger partial charge in [-0.3, -0.25) is 14.9 Å². The van der Waals surface area contributed by atoms with Crippen LogP contribution < -0.4 is 0 Å². The minimum Gasteiger partial charge on any atom is -0.508 e. The molecule has 9 heteroatoms. The Labute approximate surface area is 263 Å². The van der Waals surface area contributed by atoms with Gasteiger partial charge in [0.15, 0.2) is 5.78 Å². The monoisotopic (exact) mass is 621 g/mol. The minimum absolute atomic E-state index is 0.0952. The van der Waals surface area contributed by atoms with Gasteiger partial charge in [-0.2, -0.15) is 0 Å². The molecule has 0 radical (unpaired) electrons. The molecule has 0 aliphatic carbocycles. The number of nitro groups is 1. The zero-order valence-electron chi connectivity index (χ0n) is 22.2. The van der Waals surface area contributed by atoms with Crippen LogP contribution >= 0.6 is 50.5 Å². The lowest BCUT2D eigenvalue weighted by Gasteiger charge is -1.89. The van der Waals surface area contributed by atoms with Gasteiger partial charge in [0.05, 0.1) is 4.92 Å². The fourth-order valence-electron chi connectivity index (χ4n) is 2.56. The lowest BCUT2D eigenvalue weighted by molar-refractivity contribution is -0.384. The standard InChI is InChI=1S/C8H8O.C6H5NO2S.C6H6OS.2C6H6S/c1-7(9)8-5-3-2-4-6-8;8-7(9)5-1-3-6(10)4-2-5;7-5-1-3-6(8)4-2-5;2*7-6-4-2-1-3-5-6/h2-6H,1H3;1-4,10H;1-4,7-8H;2*1-5,7H. The lowest BCUT2D eigenvalue weighted by atomic mass is 10.2. The topological polar surface area (TPSA) is 80.4 Å². The molecule has 5 rings (SSSR count). The lowest BCUT2D eigenvalue weighted by Crippen LogP contribution is -1.88. The van der Waals surface area contributed by atoms with E-state index < -0.39 is 4.92 Å². The number of nitro benzene ring substituents is 1. The van der Waals surface area contributed by atoms with Gasteiger partial charge in [0.25, 0.3) is 5.69 Å². The number of non-ortho nitro benzene ring substituents is 1. The Balaban J connectivity index is 0.000000258. The molecule has 5 nitrogen and oxygen atoms in total. The Morgan fingerprint density at radius 2 is 0.878 bits per heavy atom. The first-order chi connectivity index (χ1) is 19.6. The predicted molar refractivity (Wildman–Crippen MR) is 180 cm³/mol. The Bertz CT molecular complexity index is 1350. The molecule has 0 fully saturated rings. The van der Waals surface area contributed by atoms with Gasteiger partial charge < -0.3 is 5.11 Å². The summed E-state index contributed by atoms with van der Waals surface area (Å²) < 4.78 is 0. The third kappa shape index (κ3) is 18.4. The van der Waals surface area contributed by atoms with Crippen LogP contribution in [-0.2, 0) is 0 Å². The molecule has 0 saturated carbocycles. The smallest absolute Gasteiger partial charge is 0.269 e. The molecule has 41 heavy (non-hydrogen) atoms. The van der Waals surface area contributed by atoms with E-state index in [0.717, 1.165) is 25.1 Å². The van der Waals surface area contributed by atoms with Crippen molar-refractivity contribution >= 4 is 62.0 Å². The van der Waals surface area contributed by atoms with E-state index in [4.69, 9.17) is 5.11 Å². The Hall–Kier alpha value is -3.63. The first-order valence-corrected chi connectivity index (χ1v) is 13.8. The molecule has 0 aliphatic rings. The Morgan fingerprint density at radius 3 is 1.12 bits per heavy atom. The van der Waals surface area contributed by atoms with Crippen LogP contribution in [0.3, 0.4) is 0 Å². The van der Waals surface area contributed by atoms with E-state index in [-0.39, 0.29) is 17.2 Å². The average Bonchev–Trinajstić information content (AvgIpc) is 2.97. The number of ketones is 1. The minimum atomic E-state index is -0.437. The first-order valence-electron chi connectivity index (χ1n) is 12.0. The molecule has 0 bridgehead atoms. The summed E-state index contributed by atoms with van der Waals surface area (Å²) in [6.07, 6.45) is 0. The molecule has 212 valence electrons. The van der Waals surface area contributed by atoms with Gasteiger partial charge in [-0.25, -0.2) is 0 Å². The van der Waals surface area contributed by atoms with Crippen molar-refractivity contribution in [1.82, 2.24) is 0 Å². The normalized spacial score (nSPS) is 9.00. The van der Waals surface area contributed by atoms with Crippen molar-refractivity contribution in [1.29, 1.82) is 0 Å². The average molecular weight is 622 g/mol. The Morgan fingerprint density at radius 1 is 0.561 bits per heavy atom. The highest BCUT2D eigenvalue weighted by Gasteiger charge is 2.01. The van der Waals surface area contributed by atoms with Crippen LogP contribution in [0.15, 0.2) is 159 Å². The summed E-state index contributed by atoms with van der Waals surface area (Å²) >= 11 is 16.2. The number of hydrogen-bond acceptors (Lipinski definition) is 8. The van der Waals surface area contributed by atoms with E-state index in [1.807, 2.05) is 91.0 Å². The molecule has 0 saturated heterocycles. The second kappa shape index (κ2) is 21.2. The van der Waals surface area contributed by atoms with Crippen molar-refractivity contribution in [2.45, 2.75) is 26.5 Å². The van der Waals surface area contributed by atoms with Crippen molar-refractivity contribution in [2.24, 2.45) is 0 Å². The molecule has 0 aromatic heterocycles. The third-order valence-electron chi connectivity index (χ3n) is 4.60. The van der Waals surface area contributed by atoms with Crippen molar-refractivity contribution in [3.05, 3.63) is 155 Å². The summed E-state index contributed by atoms with van der Waals surface area (Å²) in [5.41, 5.74) is 0.871. The van der Waals surface area contributed by atoms with Crippen LogP contribution in [0.2, 0.25) is 0 Å². The zero-order valence-corrected chi connectivity index (χ0v) is 25.8. The summed E-state index contributed by atoms with van der Waals surface area (Å²) in [6, 6.07) is 41.5. The van der Waals surface area contributed by atoms with E-state index in [9.17, 15) is 14.9 Å². The van der Waals surface area contributed by atoms with Crippen LogP contribution in [0.25, 0.3) is 0 Å². The fourth-order valence-corrected chi connectivity index (χ4v) is 3.20. The van der Waals surface area contributed by atoms with Crippen LogP contribution in [0.4, 0.5) is 5.69 Å². The highest BCUT2D eigenvalue weighted by atomic mass is 32.1. The number of nitrogens with zero attached hydrogens (tertiary/aromatic N) is 1. The van der Waals surface area contributed by atoms with E-state index in [0.29, 0.717) is 0 Å². The summed E-state index contributed by atoms with van der Waals surface area (Å²) in [5.74, 6) is 0.401. The van der Waals surface area contributed by atoms with E-state index in [1.54, 1.807) is 43.3 Å². The molecule has 0 spiro atoms. The highest BCUT2D eigenvalue weighted by molar-refractivity contribution is 7.80. The molecule has 0 amide bonds. The second-order valence-corrected chi connectivity index (χ2v) is 9.95. The van der Waals surface area contributed by atoms with Crippen LogP contribution in [-0.4, -0.2) is 15.8 Å². The third-order valence-corrected chi connectivity index (χ3v) is 5.80. The van der Waals surface area contributed by atoms with Gasteiger partial charge in [-0.05, 0) is 67.6 Å². The van der Waals surface area contributed by atoms with Gasteiger partial charge in [0.1, 0.15) is 5.75 Å². The SMILES string of the molecule is CC(=O)c1ccccc1.O=[N+]([O-])c1ccc(S)cc1.Oc1ccc(S)cc1.Sc1ccccc1.Sc1ccccc1.